The van der Waals surface area contributed by atoms with Gasteiger partial charge in [0.25, 0.3) is 0 Å². The van der Waals surface area contributed by atoms with Crippen molar-refractivity contribution in [1.82, 2.24) is 15.1 Å². The number of hydrogen-bond donors (Lipinski definition) is 1. The molecule has 2 aromatic heterocycles. The van der Waals surface area contributed by atoms with Crippen molar-refractivity contribution in [3.63, 3.8) is 0 Å². The van der Waals surface area contributed by atoms with Crippen molar-refractivity contribution in [2.75, 3.05) is 0 Å². The first-order valence-corrected chi connectivity index (χ1v) is 5.10. The summed E-state index contributed by atoms with van der Waals surface area (Å²) in [5, 5.41) is 12.6. The first-order valence-electron chi connectivity index (χ1n) is 5.10. The highest BCUT2D eigenvalue weighted by Crippen LogP contribution is 2.08. The summed E-state index contributed by atoms with van der Waals surface area (Å²) in [5.74, 6) is -0.236. The number of rotatable bonds is 4. The molecule has 1 N–H and O–H groups in total. The van der Waals surface area contributed by atoms with Gasteiger partial charge in [-0.25, -0.2) is 9.97 Å². The molecule has 0 unspecified atom stereocenters. The van der Waals surface area contributed by atoms with Crippen molar-refractivity contribution >= 4 is 5.97 Å². The van der Waals surface area contributed by atoms with E-state index in [1.807, 2.05) is 6.07 Å². The predicted molar refractivity (Wildman–Crippen MR) is 57.7 cm³/mol. The Labute approximate surface area is 97.6 Å². The molecule has 86 valence electrons. The predicted octanol–water partition coefficient (Wildman–Crippen LogP) is 0.301. The lowest BCUT2D eigenvalue weighted by molar-refractivity contribution is -0.752. The summed E-state index contributed by atoms with van der Waals surface area (Å²) in [6.07, 6.45) is 6.71. The fraction of sp³-hybridized carbons (Fsp3) is 0.182. The van der Waals surface area contributed by atoms with Crippen LogP contribution in [0.15, 0.2) is 36.9 Å². The number of carbonyl (C=O) groups is 1. The average Bonchev–Trinajstić information content (AvgIpc) is 2.38. The molecule has 6 nitrogen and oxygen atoms in total. The molecule has 0 atom stereocenters. The highest BCUT2D eigenvalue weighted by atomic mass is 16.4. The maximum Gasteiger partial charge on any atom is 0.309 e. The lowest BCUT2D eigenvalue weighted by Gasteiger charge is -1.96. The number of carboxylic acids is 1. The highest BCUT2D eigenvalue weighted by molar-refractivity contribution is 5.66. The number of aromatic nitrogens is 4. The van der Waals surface area contributed by atoms with Crippen molar-refractivity contribution in [3.8, 4) is 11.4 Å². The standard InChI is InChI=1S/C11H10N4O2/c16-10(17)3-7-15-6-2-9(8-14-15)11-12-4-1-5-13-11/h1-2,4-6,8H,3,7H2/p+1. The second-order valence-electron chi connectivity index (χ2n) is 3.39. The normalized spacial score (nSPS) is 10.1. The van der Waals surface area contributed by atoms with Crippen LogP contribution in [0.5, 0.6) is 0 Å². The Bertz CT molecular complexity index is 499. The summed E-state index contributed by atoms with van der Waals surface area (Å²) in [4.78, 5) is 18.6. The Kier molecular flexibility index (Phi) is 3.34. The molecule has 0 aliphatic carbocycles. The van der Waals surface area contributed by atoms with Crippen LogP contribution in [0.2, 0.25) is 0 Å². The van der Waals surface area contributed by atoms with Crippen molar-refractivity contribution in [3.05, 3.63) is 36.9 Å². The topological polar surface area (TPSA) is 79.9 Å². The molecule has 2 heterocycles. The molecule has 17 heavy (non-hydrogen) atoms. The smallest absolute Gasteiger partial charge is 0.309 e. The third kappa shape index (κ3) is 3.04. The molecule has 0 aliphatic heterocycles. The van der Waals surface area contributed by atoms with Crippen molar-refractivity contribution in [2.45, 2.75) is 13.0 Å². The third-order valence-corrected chi connectivity index (χ3v) is 2.15. The van der Waals surface area contributed by atoms with Crippen molar-refractivity contribution in [2.24, 2.45) is 0 Å². The van der Waals surface area contributed by atoms with E-state index in [0.29, 0.717) is 12.4 Å². The third-order valence-electron chi connectivity index (χ3n) is 2.15. The molecule has 6 heteroatoms. The molecule has 2 rings (SSSR count). The minimum absolute atomic E-state index is 0.0544. The van der Waals surface area contributed by atoms with Gasteiger partial charge in [0.15, 0.2) is 18.6 Å². The van der Waals surface area contributed by atoms with Gasteiger partial charge < -0.3 is 5.11 Å². The van der Waals surface area contributed by atoms with E-state index in [2.05, 4.69) is 15.1 Å². The number of aryl methyl sites for hydroxylation is 1. The minimum atomic E-state index is -0.838. The Morgan fingerprint density at radius 2 is 2.12 bits per heavy atom. The van der Waals surface area contributed by atoms with E-state index in [0.717, 1.165) is 5.56 Å². The molecular weight excluding hydrogens is 220 g/mol. The monoisotopic (exact) mass is 231 g/mol. The van der Waals surface area contributed by atoms with Crippen molar-refractivity contribution in [1.29, 1.82) is 0 Å². The fourth-order valence-corrected chi connectivity index (χ4v) is 1.31. The van der Waals surface area contributed by atoms with E-state index in [1.54, 1.807) is 35.5 Å². The summed E-state index contributed by atoms with van der Waals surface area (Å²) in [6.45, 7) is 0.352. The van der Waals surface area contributed by atoms with Gasteiger partial charge in [0.1, 0.15) is 12.6 Å². The van der Waals surface area contributed by atoms with Gasteiger partial charge in [-0.3, -0.25) is 4.79 Å². The van der Waals surface area contributed by atoms with Crippen LogP contribution in [-0.2, 0) is 11.3 Å². The Balaban J connectivity index is 2.11. The summed E-state index contributed by atoms with van der Waals surface area (Å²) in [6, 6.07) is 3.55. The van der Waals surface area contributed by atoms with Gasteiger partial charge in [-0.1, -0.05) is 4.68 Å². The van der Waals surface area contributed by atoms with Crippen LogP contribution in [0.1, 0.15) is 6.42 Å². The van der Waals surface area contributed by atoms with Crippen LogP contribution >= 0.6 is 0 Å². The van der Waals surface area contributed by atoms with Crippen LogP contribution in [0.3, 0.4) is 0 Å². The van der Waals surface area contributed by atoms with Gasteiger partial charge in [0, 0.05) is 24.0 Å². The number of hydrogen-bond acceptors (Lipinski definition) is 4. The molecule has 0 bridgehead atoms. The summed E-state index contributed by atoms with van der Waals surface area (Å²) in [7, 11) is 0. The summed E-state index contributed by atoms with van der Waals surface area (Å²) in [5.41, 5.74) is 0.803. The van der Waals surface area contributed by atoms with E-state index in [9.17, 15) is 4.79 Å². The second-order valence-corrected chi connectivity index (χ2v) is 3.39. The largest absolute Gasteiger partial charge is 0.481 e. The van der Waals surface area contributed by atoms with Crippen LogP contribution in [0, 0.1) is 0 Å². The zero-order valence-corrected chi connectivity index (χ0v) is 9.02. The molecule has 0 spiro atoms. The maximum absolute atomic E-state index is 10.4. The van der Waals surface area contributed by atoms with E-state index >= 15 is 0 Å². The quantitative estimate of drug-likeness (QED) is 0.765. The average molecular weight is 231 g/mol. The number of nitrogens with zero attached hydrogens (tertiary/aromatic N) is 4. The van der Waals surface area contributed by atoms with Gasteiger partial charge in [-0.2, -0.15) is 0 Å². The van der Waals surface area contributed by atoms with Gasteiger partial charge >= 0.3 is 5.97 Å². The Morgan fingerprint density at radius 1 is 1.35 bits per heavy atom. The molecular formula is C11H11N4O2+. The van der Waals surface area contributed by atoms with E-state index in [4.69, 9.17) is 5.11 Å². The lowest BCUT2D eigenvalue weighted by Crippen LogP contribution is -2.38. The van der Waals surface area contributed by atoms with Gasteiger partial charge in [-0.15, -0.1) is 0 Å². The molecule has 2 aromatic rings. The van der Waals surface area contributed by atoms with Crippen LogP contribution in [0.4, 0.5) is 0 Å². The molecule has 0 saturated heterocycles. The molecule has 0 fully saturated rings. The first kappa shape index (κ1) is 11.1. The molecule has 0 aromatic carbocycles. The summed E-state index contributed by atoms with van der Waals surface area (Å²) < 4.78 is 1.57. The molecule has 0 amide bonds. The zero-order chi connectivity index (χ0) is 12.1. The van der Waals surface area contributed by atoms with Crippen LogP contribution in [-0.4, -0.2) is 26.1 Å². The van der Waals surface area contributed by atoms with Gasteiger partial charge in [0.05, 0.1) is 0 Å². The lowest BCUT2D eigenvalue weighted by atomic mass is 10.3. The Hall–Kier alpha value is -2.37. The van der Waals surface area contributed by atoms with Gasteiger partial charge in [-0.05, 0) is 11.2 Å². The van der Waals surface area contributed by atoms with E-state index in [-0.39, 0.29) is 6.42 Å². The van der Waals surface area contributed by atoms with Crippen molar-refractivity contribution < 1.29 is 14.6 Å². The number of carboxylic acid groups (broad SMARTS) is 1. The van der Waals surface area contributed by atoms with Crippen LogP contribution < -0.4 is 4.68 Å². The molecule has 0 radical (unpaired) electrons. The summed E-state index contributed by atoms with van der Waals surface area (Å²) >= 11 is 0. The SMILES string of the molecule is O=C(O)CC[n+]1ccc(-c2ncccn2)cn1. The fourth-order valence-electron chi connectivity index (χ4n) is 1.31. The first-order chi connectivity index (χ1) is 8.25. The maximum atomic E-state index is 10.4. The van der Waals surface area contributed by atoms with E-state index < -0.39 is 5.97 Å². The number of aliphatic carboxylic acids is 1. The zero-order valence-electron chi connectivity index (χ0n) is 9.02. The van der Waals surface area contributed by atoms with E-state index in [1.165, 1.54) is 0 Å². The Morgan fingerprint density at radius 3 is 2.71 bits per heavy atom. The molecule has 0 aliphatic rings. The minimum Gasteiger partial charge on any atom is -0.481 e. The second kappa shape index (κ2) is 5.11. The van der Waals surface area contributed by atoms with Crippen LogP contribution in [0.25, 0.3) is 11.4 Å². The highest BCUT2D eigenvalue weighted by Gasteiger charge is 2.08. The molecule has 0 saturated carbocycles. The van der Waals surface area contributed by atoms with Gasteiger partial charge in [0.2, 0.25) is 0 Å².